The van der Waals surface area contributed by atoms with Crippen molar-refractivity contribution < 1.29 is 13.2 Å². The summed E-state index contributed by atoms with van der Waals surface area (Å²) in [5.74, 6) is 0.0118. The Bertz CT molecular complexity index is 1120. The molecule has 0 bridgehead atoms. The van der Waals surface area contributed by atoms with Crippen LogP contribution in [0.2, 0.25) is 4.34 Å². The van der Waals surface area contributed by atoms with E-state index >= 15 is 0 Å². The molecule has 2 aromatic heterocycles. The fourth-order valence-electron chi connectivity index (χ4n) is 4.21. The second-order valence-electron chi connectivity index (χ2n) is 8.15. The molecule has 0 spiro atoms. The molecule has 0 radical (unpaired) electrons. The average molecular weight is 470 g/mol. The highest BCUT2D eigenvalue weighted by Gasteiger charge is 2.38. The quantitative estimate of drug-likeness (QED) is 0.661. The van der Waals surface area contributed by atoms with Crippen LogP contribution < -0.4 is 10.9 Å². The molecule has 2 aromatic rings. The number of carbonyl (C=O) groups excluding carboxylic acids is 1. The lowest BCUT2D eigenvalue weighted by Crippen LogP contribution is -2.36. The fraction of sp³-hybridized carbons (Fsp3) is 0.550. The van der Waals surface area contributed by atoms with Crippen LogP contribution >= 0.6 is 22.9 Å². The molecular formula is C20H24ClN3O4S2. The molecule has 1 amide bonds. The van der Waals surface area contributed by atoms with Gasteiger partial charge in [-0.05, 0) is 38.2 Å². The summed E-state index contributed by atoms with van der Waals surface area (Å²) in [5.41, 5.74) is 0.00147. The number of rotatable bonds is 7. The Morgan fingerprint density at radius 1 is 1.30 bits per heavy atom. The Morgan fingerprint density at radius 3 is 2.57 bits per heavy atom. The van der Waals surface area contributed by atoms with Crippen LogP contribution in [0.25, 0.3) is 0 Å². The van der Waals surface area contributed by atoms with Gasteiger partial charge in [0, 0.05) is 11.8 Å². The summed E-state index contributed by atoms with van der Waals surface area (Å²) in [5, 5.41) is 2.75. The van der Waals surface area contributed by atoms with E-state index in [1.807, 2.05) is 0 Å². The summed E-state index contributed by atoms with van der Waals surface area (Å²) < 4.78 is 27.1. The van der Waals surface area contributed by atoms with Crippen LogP contribution in [0.15, 0.2) is 28.0 Å². The van der Waals surface area contributed by atoms with Gasteiger partial charge in [0.05, 0.1) is 16.3 Å². The predicted octanol–water partition coefficient (Wildman–Crippen LogP) is 3.96. The van der Waals surface area contributed by atoms with Gasteiger partial charge in [0.25, 0.3) is 5.56 Å². The molecule has 2 fully saturated rings. The van der Waals surface area contributed by atoms with Crippen LogP contribution in [0.3, 0.4) is 0 Å². The number of nitrogens with one attached hydrogen (secondary N) is 1. The Kier molecular flexibility index (Phi) is 6.05. The van der Waals surface area contributed by atoms with E-state index in [2.05, 4.69) is 10.3 Å². The first-order valence-corrected chi connectivity index (χ1v) is 12.9. The van der Waals surface area contributed by atoms with Gasteiger partial charge in [-0.3, -0.25) is 9.59 Å². The smallest absolute Gasteiger partial charge is 0.252 e. The lowest BCUT2D eigenvalue weighted by molar-refractivity contribution is -0.119. The molecule has 7 nitrogen and oxygen atoms in total. The largest absolute Gasteiger partial charge is 0.300 e. The number of anilines is 1. The van der Waals surface area contributed by atoms with Crippen molar-refractivity contribution in [1.29, 1.82) is 0 Å². The van der Waals surface area contributed by atoms with Crippen molar-refractivity contribution in [3.63, 3.8) is 0 Å². The maximum Gasteiger partial charge on any atom is 0.252 e. The molecule has 162 valence electrons. The van der Waals surface area contributed by atoms with Gasteiger partial charge in [0.15, 0.2) is 15.0 Å². The highest BCUT2D eigenvalue weighted by molar-refractivity contribution is 7.92. The maximum atomic E-state index is 13.1. The first kappa shape index (κ1) is 21.5. The lowest BCUT2D eigenvalue weighted by Gasteiger charge is -2.24. The Balaban J connectivity index is 1.68. The zero-order valence-electron chi connectivity index (χ0n) is 16.6. The molecule has 2 heterocycles. The highest BCUT2D eigenvalue weighted by atomic mass is 35.5. The van der Waals surface area contributed by atoms with Crippen molar-refractivity contribution in [1.82, 2.24) is 9.55 Å². The highest BCUT2D eigenvalue weighted by Crippen LogP contribution is 2.35. The molecule has 10 heteroatoms. The van der Waals surface area contributed by atoms with Gasteiger partial charge in [-0.1, -0.05) is 48.6 Å². The number of sulfone groups is 1. The molecule has 2 saturated carbocycles. The maximum absolute atomic E-state index is 13.1. The number of nitrogens with zero attached hydrogens (tertiary/aromatic N) is 2. The van der Waals surface area contributed by atoms with Crippen LogP contribution in [0.1, 0.15) is 56.7 Å². The predicted molar refractivity (Wildman–Crippen MR) is 117 cm³/mol. The van der Waals surface area contributed by atoms with Gasteiger partial charge in [0.1, 0.15) is 10.4 Å². The SMILES string of the molecule is Cc1cc(S(=O)(=O)C2CC2)cc(=O)n1[C@H](CC1CCCC1)C(=O)Nc1ncc(Cl)s1. The summed E-state index contributed by atoms with van der Waals surface area (Å²) in [4.78, 5) is 30.3. The number of carbonyl (C=O) groups is 1. The first-order valence-electron chi connectivity index (χ1n) is 10.1. The molecular weight excluding hydrogens is 446 g/mol. The van der Waals surface area contributed by atoms with Gasteiger partial charge >= 0.3 is 0 Å². The number of aryl methyl sites for hydroxylation is 1. The minimum absolute atomic E-state index is 0.0514. The number of hydrogen-bond donors (Lipinski definition) is 1. The van der Waals surface area contributed by atoms with Crippen LogP contribution in [0, 0.1) is 12.8 Å². The molecule has 0 saturated heterocycles. The van der Waals surface area contributed by atoms with Crippen molar-refractivity contribution in [2.24, 2.45) is 5.92 Å². The fourth-order valence-corrected chi connectivity index (χ4v) is 6.77. The van der Waals surface area contributed by atoms with E-state index in [-0.39, 0.29) is 16.1 Å². The normalized spacial score (nSPS) is 18.5. The monoisotopic (exact) mass is 469 g/mol. The molecule has 1 atom stereocenters. The molecule has 0 unspecified atom stereocenters. The van der Waals surface area contributed by atoms with E-state index in [0.29, 0.717) is 40.3 Å². The van der Waals surface area contributed by atoms with Crippen molar-refractivity contribution in [3.05, 3.63) is 38.7 Å². The second kappa shape index (κ2) is 8.43. The number of halogens is 1. The van der Waals surface area contributed by atoms with Crippen molar-refractivity contribution in [3.8, 4) is 0 Å². The third-order valence-electron chi connectivity index (χ3n) is 5.88. The summed E-state index contributed by atoms with van der Waals surface area (Å²) in [6.07, 6.45) is 7.54. The molecule has 1 N–H and O–H groups in total. The van der Waals surface area contributed by atoms with E-state index in [1.165, 1.54) is 16.8 Å². The van der Waals surface area contributed by atoms with Gasteiger partial charge in [0.2, 0.25) is 5.91 Å². The van der Waals surface area contributed by atoms with E-state index in [4.69, 9.17) is 11.6 Å². The molecule has 2 aliphatic rings. The van der Waals surface area contributed by atoms with Crippen LogP contribution in [-0.4, -0.2) is 29.1 Å². The standard InChI is InChI=1S/C20H24ClN3O4S2/c1-12-8-15(30(27,28)14-6-7-14)10-18(25)24(12)16(9-13-4-2-3-5-13)19(26)23-20-22-11-17(21)29-20/h8,10-11,13-14,16H,2-7,9H2,1H3,(H,22,23,26)/t16-/m1/s1. The topological polar surface area (TPSA) is 98.1 Å². The number of pyridine rings is 1. The summed E-state index contributed by atoms with van der Waals surface area (Å²) in [6, 6.07) is 1.95. The molecule has 4 rings (SSSR count). The van der Waals surface area contributed by atoms with Gasteiger partial charge in [-0.25, -0.2) is 13.4 Å². The second-order valence-corrected chi connectivity index (χ2v) is 12.0. The number of amides is 1. The van der Waals surface area contributed by atoms with E-state index < -0.39 is 21.4 Å². The first-order chi connectivity index (χ1) is 14.3. The van der Waals surface area contributed by atoms with Crippen LogP contribution in [0.4, 0.5) is 5.13 Å². The molecule has 0 aliphatic heterocycles. The number of hydrogen-bond acceptors (Lipinski definition) is 6. The van der Waals surface area contributed by atoms with Gasteiger partial charge in [-0.15, -0.1) is 0 Å². The third kappa shape index (κ3) is 4.48. The van der Waals surface area contributed by atoms with Gasteiger partial charge in [-0.2, -0.15) is 0 Å². The average Bonchev–Trinajstić information content (AvgIpc) is 3.29. The third-order valence-corrected chi connectivity index (χ3v) is 9.15. The molecule has 2 aliphatic carbocycles. The summed E-state index contributed by atoms with van der Waals surface area (Å²) >= 11 is 7.06. The molecule has 0 aromatic carbocycles. The zero-order valence-corrected chi connectivity index (χ0v) is 19.0. The molecule has 30 heavy (non-hydrogen) atoms. The Morgan fingerprint density at radius 2 is 2.00 bits per heavy atom. The zero-order chi connectivity index (χ0) is 21.5. The number of aromatic nitrogens is 2. The Labute approximate surface area is 184 Å². The van der Waals surface area contributed by atoms with E-state index in [0.717, 1.165) is 43.1 Å². The number of thiazole rings is 1. The van der Waals surface area contributed by atoms with E-state index in [9.17, 15) is 18.0 Å². The summed E-state index contributed by atoms with van der Waals surface area (Å²) in [7, 11) is -3.48. The van der Waals surface area contributed by atoms with Gasteiger partial charge < -0.3 is 9.88 Å². The van der Waals surface area contributed by atoms with Crippen molar-refractivity contribution in [2.45, 2.75) is 68.1 Å². The van der Waals surface area contributed by atoms with Crippen molar-refractivity contribution >= 4 is 43.8 Å². The minimum atomic E-state index is -3.48. The van der Waals surface area contributed by atoms with E-state index in [1.54, 1.807) is 6.92 Å². The van der Waals surface area contributed by atoms with Crippen LogP contribution in [0.5, 0.6) is 0 Å². The van der Waals surface area contributed by atoms with Crippen LogP contribution in [-0.2, 0) is 14.6 Å². The minimum Gasteiger partial charge on any atom is -0.300 e. The Hall–Kier alpha value is -1.71. The summed E-state index contributed by atoms with van der Waals surface area (Å²) in [6.45, 7) is 1.68. The van der Waals surface area contributed by atoms with Crippen molar-refractivity contribution in [2.75, 3.05) is 5.32 Å². The lowest BCUT2D eigenvalue weighted by atomic mass is 9.97.